The van der Waals surface area contributed by atoms with Gasteiger partial charge in [0.2, 0.25) is 0 Å². The summed E-state index contributed by atoms with van der Waals surface area (Å²) in [6, 6.07) is 2.71. The van der Waals surface area contributed by atoms with Crippen LogP contribution in [0.15, 0.2) is 29.6 Å². The minimum absolute atomic E-state index is 0.000908. The number of rotatable bonds is 8. The molecule has 0 spiro atoms. The summed E-state index contributed by atoms with van der Waals surface area (Å²) in [7, 11) is -2.25. The van der Waals surface area contributed by atoms with Crippen LogP contribution < -0.4 is 4.90 Å². The van der Waals surface area contributed by atoms with Gasteiger partial charge in [-0.2, -0.15) is 22.8 Å². The smallest absolute Gasteiger partial charge is 0.356 e. The van der Waals surface area contributed by atoms with Crippen LogP contribution in [0.25, 0.3) is 28.2 Å². The van der Waals surface area contributed by atoms with Crippen LogP contribution in [0.1, 0.15) is 38.7 Å². The summed E-state index contributed by atoms with van der Waals surface area (Å²) in [4.78, 5) is 15.0. The molecule has 4 aromatic rings. The summed E-state index contributed by atoms with van der Waals surface area (Å²) < 4.78 is 69.1. The SMILES string of the molecule is CCCN(CC1CC1)c1ccnc2c(-c3nc4cc(C(F)(F)F)cnc4n3C)c(S(=O)(=O)CC)nn12. The summed E-state index contributed by atoms with van der Waals surface area (Å²) in [5, 5.41) is 4.30. The van der Waals surface area contributed by atoms with Crippen molar-refractivity contribution in [3.05, 3.63) is 30.1 Å². The molecule has 0 N–H and O–H groups in total. The molecule has 4 aromatic heterocycles. The van der Waals surface area contributed by atoms with Gasteiger partial charge < -0.3 is 9.47 Å². The summed E-state index contributed by atoms with van der Waals surface area (Å²) in [5.41, 5.74) is -0.327. The fourth-order valence-electron chi connectivity index (χ4n) is 4.34. The van der Waals surface area contributed by atoms with E-state index in [0.29, 0.717) is 11.7 Å². The van der Waals surface area contributed by atoms with E-state index < -0.39 is 21.6 Å². The molecule has 4 heterocycles. The van der Waals surface area contributed by atoms with Crippen molar-refractivity contribution in [1.29, 1.82) is 0 Å². The predicted octanol–water partition coefficient (Wildman–Crippen LogP) is 4.12. The lowest BCUT2D eigenvalue weighted by Gasteiger charge is -2.24. The average molecular weight is 522 g/mol. The molecule has 0 unspecified atom stereocenters. The van der Waals surface area contributed by atoms with Gasteiger partial charge in [0, 0.05) is 32.5 Å². The van der Waals surface area contributed by atoms with Crippen molar-refractivity contribution >= 4 is 32.5 Å². The van der Waals surface area contributed by atoms with E-state index in [1.807, 2.05) is 0 Å². The minimum atomic E-state index is -4.58. The van der Waals surface area contributed by atoms with E-state index in [-0.39, 0.29) is 39.0 Å². The third-order valence-electron chi connectivity index (χ3n) is 6.39. The number of nitrogens with zero attached hydrogens (tertiary/aromatic N) is 7. The summed E-state index contributed by atoms with van der Waals surface area (Å²) in [5.74, 6) is 1.22. The van der Waals surface area contributed by atoms with Gasteiger partial charge in [0.1, 0.15) is 22.7 Å². The lowest BCUT2D eigenvalue weighted by atomic mass is 10.2. The Morgan fingerprint density at radius 1 is 1.17 bits per heavy atom. The van der Waals surface area contributed by atoms with Crippen LogP contribution in [0.5, 0.6) is 0 Å². The first kappa shape index (κ1) is 24.5. The van der Waals surface area contributed by atoms with Crippen molar-refractivity contribution in [2.75, 3.05) is 23.7 Å². The van der Waals surface area contributed by atoms with Gasteiger partial charge in [-0.1, -0.05) is 13.8 Å². The molecule has 1 aliphatic carbocycles. The molecule has 9 nitrogen and oxygen atoms in total. The lowest BCUT2D eigenvalue weighted by Crippen LogP contribution is -2.28. The van der Waals surface area contributed by atoms with Gasteiger partial charge >= 0.3 is 6.18 Å². The molecule has 0 radical (unpaired) electrons. The number of hydrogen-bond acceptors (Lipinski definition) is 7. The molecule has 1 saturated carbocycles. The molecule has 0 amide bonds. The van der Waals surface area contributed by atoms with Crippen LogP contribution in [-0.2, 0) is 23.1 Å². The highest BCUT2D eigenvalue weighted by atomic mass is 32.2. The molecular formula is C23H26F3N7O2S. The first-order valence-electron chi connectivity index (χ1n) is 11.8. The number of imidazole rings is 1. The maximum Gasteiger partial charge on any atom is 0.417 e. The third kappa shape index (κ3) is 4.18. The largest absolute Gasteiger partial charge is 0.417 e. The van der Waals surface area contributed by atoms with E-state index >= 15 is 0 Å². The normalized spacial score (nSPS) is 14.7. The summed E-state index contributed by atoms with van der Waals surface area (Å²) >= 11 is 0. The molecular weight excluding hydrogens is 495 g/mol. The number of fused-ring (bicyclic) bond motifs is 2. The van der Waals surface area contributed by atoms with Gasteiger partial charge in [-0.3, -0.25) is 0 Å². The van der Waals surface area contributed by atoms with Gasteiger partial charge in [-0.15, -0.1) is 0 Å². The molecule has 36 heavy (non-hydrogen) atoms. The number of anilines is 1. The molecule has 0 aromatic carbocycles. The number of halogens is 3. The van der Waals surface area contributed by atoms with E-state index in [1.54, 1.807) is 19.3 Å². The maximum absolute atomic E-state index is 13.3. The molecule has 1 fully saturated rings. The first-order valence-corrected chi connectivity index (χ1v) is 13.5. The zero-order chi connectivity index (χ0) is 25.8. The minimum Gasteiger partial charge on any atom is -0.356 e. The number of alkyl halides is 3. The van der Waals surface area contributed by atoms with Crippen molar-refractivity contribution in [3.8, 4) is 11.4 Å². The highest BCUT2D eigenvalue weighted by Crippen LogP contribution is 2.37. The Hall–Kier alpha value is -3.22. The van der Waals surface area contributed by atoms with Crippen molar-refractivity contribution in [2.24, 2.45) is 13.0 Å². The summed E-state index contributed by atoms with van der Waals surface area (Å²) in [6.45, 7) is 5.17. The van der Waals surface area contributed by atoms with E-state index in [0.717, 1.165) is 44.6 Å². The molecule has 0 aliphatic heterocycles. The molecule has 5 rings (SSSR count). The van der Waals surface area contributed by atoms with E-state index in [2.05, 4.69) is 31.9 Å². The highest BCUT2D eigenvalue weighted by Gasteiger charge is 2.34. The van der Waals surface area contributed by atoms with E-state index in [4.69, 9.17) is 0 Å². The number of pyridine rings is 1. The predicted molar refractivity (Wildman–Crippen MR) is 128 cm³/mol. The fourth-order valence-corrected chi connectivity index (χ4v) is 5.31. The average Bonchev–Trinajstić information content (AvgIpc) is 3.48. The maximum atomic E-state index is 13.3. The topological polar surface area (TPSA) is 98.3 Å². The van der Waals surface area contributed by atoms with Gasteiger partial charge in [0.05, 0.1) is 11.3 Å². The third-order valence-corrected chi connectivity index (χ3v) is 8.03. The molecule has 192 valence electrons. The van der Waals surface area contributed by atoms with Crippen molar-refractivity contribution in [2.45, 2.75) is 44.3 Å². The Morgan fingerprint density at radius 2 is 1.92 bits per heavy atom. The van der Waals surface area contributed by atoms with Crippen molar-refractivity contribution < 1.29 is 21.6 Å². The first-order chi connectivity index (χ1) is 17.0. The number of aryl methyl sites for hydroxylation is 1. The lowest BCUT2D eigenvalue weighted by molar-refractivity contribution is -0.137. The van der Waals surface area contributed by atoms with Crippen molar-refractivity contribution in [1.82, 2.24) is 29.1 Å². The van der Waals surface area contributed by atoms with Crippen LogP contribution >= 0.6 is 0 Å². The fraction of sp³-hybridized carbons (Fsp3) is 0.478. The highest BCUT2D eigenvalue weighted by molar-refractivity contribution is 7.91. The monoisotopic (exact) mass is 521 g/mol. The Labute approximate surface area is 205 Å². The zero-order valence-electron chi connectivity index (χ0n) is 20.1. The molecule has 0 bridgehead atoms. The molecule has 0 saturated heterocycles. The van der Waals surface area contributed by atoms with E-state index in [9.17, 15) is 21.6 Å². The zero-order valence-corrected chi connectivity index (χ0v) is 20.9. The van der Waals surface area contributed by atoms with Crippen LogP contribution in [0.4, 0.5) is 19.0 Å². The van der Waals surface area contributed by atoms with Crippen LogP contribution in [-0.4, -0.2) is 56.4 Å². The second kappa shape index (κ2) is 8.71. The van der Waals surface area contributed by atoms with Crippen LogP contribution in [0.3, 0.4) is 0 Å². The van der Waals surface area contributed by atoms with Crippen molar-refractivity contribution in [3.63, 3.8) is 0 Å². The number of sulfone groups is 1. The summed E-state index contributed by atoms with van der Waals surface area (Å²) in [6.07, 6.45) is 0.951. The van der Waals surface area contributed by atoms with E-state index in [1.165, 1.54) is 16.0 Å². The van der Waals surface area contributed by atoms with Gasteiger partial charge in [-0.05, 0) is 37.3 Å². The Morgan fingerprint density at radius 3 is 2.56 bits per heavy atom. The van der Waals surface area contributed by atoms with Crippen LogP contribution in [0, 0.1) is 5.92 Å². The molecule has 1 aliphatic rings. The standard InChI is InChI=1S/C23H26F3N7O2S/c1-4-10-32(13-14-6-7-14)17-8-9-27-20-18(22(30-33(17)20)36(34,35)5-2)21-29-16-11-15(23(24,25)26)12-28-19(16)31(21)3/h8-9,11-12,14H,4-7,10,13H2,1-3H3. The quantitative estimate of drug-likeness (QED) is 0.344. The molecule has 0 atom stereocenters. The number of aromatic nitrogens is 6. The van der Waals surface area contributed by atoms with Gasteiger partial charge in [0.15, 0.2) is 26.2 Å². The Kier molecular flexibility index (Phi) is 5.92. The second-order valence-corrected chi connectivity index (χ2v) is 11.3. The Balaban J connectivity index is 1.77. The van der Waals surface area contributed by atoms with Crippen LogP contribution in [0.2, 0.25) is 0 Å². The second-order valence-electron chi connectivity index (χ2n) is 9.07. The van der Waals surface area contributed by atoms with Gasteiger partial charge in [0.25, 0.3) is 0 Å². The number of hydrogen-bond donors (Lipinski definition) is 0. The van der Waals surface area contributed by atoms with Gasteiger partial charge in [-0.25, -0.2) is 23.4 Å². The Bertz CT molecular complexity index is 1560. The molecule has 13 heteroatoms.